The minimum atomic E-state index is -1.27. The molecule has 4 N–H and O–H groups in total. The van der Waals surface area contributed by atoms with Crippen molar-refractivity contribution >= 4 is 11.9 Å². The minimum absolute atomic E-state index is 0.0776. The summed E-state index contributed by atoms with van der Waals surface area (Å²) in [4.78, 5) is 23.8. The van der Waals surface area contributed by atoms with Crippen molar-refractivity contribution in [2.75, 3.05) is 83.1 Å². The molecule has 12 heteroatoms. The van der Waals surface area contributed by atoms with Gasteiger partial charge in [-0.25, -0.2) is 4.79 Å². The topological polar surface area (TPSA) is 156 Å². The Bertz CT molecular complexity index is 400. The predicted molar refractivity (Wildman–Crippen MR) is 111 cm³/mol. The number of carbonyl (C=O) groups is 2. The third kappa shape index (κ3) is 15.5. The Hall–Kier alpha value is -1.38. The Morgan fingerprint density at radius 1 is 0.867 bits per heavy atom. The lowest BCUT2D eigenvalue weighted by Gasteiger charge is -2.29. The molecule has 0 unspecified atom stereocenters. The van der Waals surface area contributed by atoms with E-state index in [-0.39, 0.29) is 25.7 Å². The van der Waals surface area contributed by atoms with Gasteiger partial charge in [0.15, 0.2) is 0 Å². The lowest BCUT2D eigenvalue weighted by atomic mass is 10.3. The zero-order chi connectivity index (χ0) is 24.8. The normalized spacial score (nSPS) is 10.3. The van der Waals surface area contributed by atoms with Crippen LogP contribution < -0.4 is 5.32 Å². The number of likely N-dealkylation sites (N-methyl/N-ethyl adjacent to an activating group) is 2. The maximum Gasteiger partial charge on any atom is 0.366 e. The molecule has 0 fully saturated rings. The first kappa shape index (κ1) is 36.0. The van der Waals surface area contributed by atoms with Crippen LogP contribution in [0.4, 0.5) is 0 Å². The number of hydrogen-bond acceptors (Lipinski definition) is 11. The second-order valence-electron chi connectivity index (χ2n) is 5.48. The smallest absolute Gasteiger partial charge is 0.366 e. The van der Waals surface area contributed by atoms with Crippen LogP contribution in [0.3, 0.4) is 0 Å². The summed E-state index contributed by atoms with van der Waals surface area (Å²) >= 11 is 0. The molecule has 0 bridgehead atoms. The van der Waals surface area contributed by atoms with Gasteiger partial charge < -0.3 is 49.2 Å². The van der Waals surface area contributed by atoms with E-state index in [9.17, 15) is 9.59 Å². The number of nitrogens with zero attached hydrogens (tertiary/aromatic N) is 1. The SMILES string of the molecule is CNCCO.CO.COC(=O)C(C)(OC)OC.COC(C)(OC)C(=O)N(C)CCO. The molecule has 0 rings (SSSR count). The second kappa shape index (κ2) is 22.3. The molecular weight excluding hydrogens is 404 g/mol. The van der Waals surface area contributed by atoms with Crippen LogP contribution in [0.2, 0.25) is 0 Å². The summed E-state index contributed by atoms with van der Waals surface area (Å²) in [6.07, 6.45) is 0. The monoisotopic (exact) mass is 446 g/mol. The highest BCUT2D eigenvalue weighted by Gasteiger charge is 2.35. The Kier molecular flexibility index (Phi) is 26.8. The van der Waals surface area contributed by atoms with E-state index in [1.165, 1.54) is 54.3 Å². The first-order valence-corrected chi connectivity index (χ1v) is 8.89. The molecule has 0 aliphatic rings. The fourth-order valence-electron chi connectivity index (χ4n) is 1.40. The van der Waals surface area contributed by atoms with E-state index >= 15 is 0 Å². The van der Waals surface area contributed by atoms with Crippen LogP contribution in [0.25, 0.3) is 0 Å². The molecule has 0 saturated carbocycles. The lowest BCUT2D eigenvalue weighted by molar-refractivity contribution is -0.220. The number of aliphatic hydroxyl groups is 3. The number of hydrogen-bond donors (Lipinski definition) is 4. The van der Waals surface area contributed by atoms with Crippen molar-refractivity contribution in [3.8, 4) is 0 Å². The van der Waals surface area contributed by atoms with E-state index in [0.717, 1.165) is 7.11 Å². The Labute approximate surface area is 180 Å². The molecular formula is C18H42N2O10. The van der Waals surface area contributed by atoms with Crippen LogP contribution in [0.15, 0.2) is 0 Å². The molecule has 0 spiro atoms. The van der Waals surface area contributed by atoms with E-state index in [1.54, 1.807) is 14.1 Å². The molecule has 0 aliphatic heterocycles. The highest BCUT2D eigenvalue weighted by Crippen LogP contribution is 2.13. The average molecular weight is 447 g/mol. The van der Waals surface area contributed by atoms with Crippen molar-refractivity contribution < 1.29 is 48.6 Å². The molecule has 0 atom stereocenters. The first-order valence-electron chi connectivity index (χ1n) is 8.89. The molecule has 1 amide bonds. The van der Waals surface area contributed by atoms with E-state index in [2.05, 4.69) is 10.1 Å². The molecule has 0 aromatic rings. The number of methoxy groups -OCH3 is 5. The van der Waals surface area contributed by atoms with Gasteiger partial charge in [0.05, 0.1) is 20.3 Å². The maximum absolute atomic E-state index is 11.6. The van der Waals surface area contributed by atoms with Crippen LogP contribution in [-0.2, 0) is 33.3 Å². The second-order valence-corrected chi connectivity index (χ2v) is 5.48. The van der Waals surface area contributed by atoms with Crippen molar-refractivity contribution in [3.63, 3.8) is 0 Å². The zero-order valence-electron chi connectivity index (χ0n) is 20.0. The number of esters is 1. The molecule has 30 heavy (non-hydrogen) atoms. The fourth-order valence-corrected chi connectivity index (χ4v) is 1.40. The maximum atomic E-state index is 11.6. The number of rotatable bonds is 10. The van der Waals surface area contributed by atoms with Gasteiger partial charge in [-0.15, -0.1) is 0 Å². The highest BCUT2D eigenvalue weighted by atomic mass is 16.7. The van der Waals surface area contributed by atoms with Crippen LogP contribution in [0, 0.1) is 0 Å². The summed E-state index contributed by atoms with van der Waals surface area (Å²) in [5.41, 5.74) is 0. The van der Waals surface area contributed by atoms with Gasteiger partial charge in [-0.1, -0.05) is 0 Å². The van der Waals surface area contributed by atoms with Crippen molar-refractivity contribution in [2.45, 2.75) is 25.4 Å². The van der Waals surface area contributed by atoms with Crippen molar-refractivity contribution in [1.29, 1.82) is 0 Å². The molecule has 0 aliphatic carbocycles. The standard InChI is InChI=1S/C8H17NO4.C6H12O4.C3H9NO.CH4O/c1-8(12-3,13-4)7(11)9(2)5-6-10;1-6(9-3,10-4)5(7)8-2;1-4-2-3-5;1-2/h10H,5-6H2,1-4H3;1-4H3;4-5H,2-3H2,1H3;2H,1H3. The van der Waals surface area contributed by atoms with Gasteiger partial charge in [0, 0.05) is 62.6 Å². The lowest BCUT2D eigenvalue weighted by Crippen LogP contribution is -2.48. The number of aliphatic hydroxyl groups excluding tert-OH is 3. The van der Waals surface area contributed by atoms with Crippen molar-refractivity contribution in [2.24, 2.45) is 0 Å². The van der Waals surface area contributed by atoms with Crippen LogP contribution >= 0.6 is 0 Å². The Morgan fingerprint density at radius 3 is 1.43 bits per heavy atom. The Balaban J connectivity index is -0.000000176. The molecule has 0 aromatic carbocycles. The summed E-state index contributed by atoms with van der Waals surface area (Å²) in [5, 5.41) is 26.4. The summed E-state index contributed by atoms with van der Waals surface area (Å²) in [6, 6.07) is 0. The molecule has 12 nitrogen and oxygen atoms in total. The number of ether oxygens (including phenoxy) is 5. The summed E-state index contributed by atoms with van der Waals surface area (Å²) in [5.74, 6) is -3.39. The van der Waals surface area contributed by atoms with E-state index in [1.807, 2.05) is 0 Å². The van der Waals surface area contributed by atoms with Crippen molar-refractivity contribution in [3.05, 3.63) is 0 Å². The predicted octanol–water partition coefficient (Wildman–Crippen LogP) is -1.58. The molecule has 0 aromatic heterocycles. The van der Waals surface area contributed by atoms with Crippen LogP contribution in [-0.4, -0.2) is 127 Å². The average Bonchev–Trinajstić information content (AvgIpc) is 2.79. The van der Waals surface area contributed by atoms with E-state index in [0.29, 0.717) is 6.54 Å². The number of carbonyl (C=O) groups excluding carboxylic acids is 2. The quantitative estimate of drug-likeness (QED) is 0.227. The summed E-state index contributed by atoms with van der Waals surface area (Å²) in [6.45, 7) is 4.13. The van der Waals surface area contributed by atoms with Gasteiger partial charge in [-0.2, -0.15) is 0 Å². The minimum Gasteiger partial charge on any atom is -0.465 e. The van der Waals surface area contributed by atoms with Gasteiger partial charge in [-0.05, 0) is 14.0 Å². The highest BCUT2D eigenvalue weighted by molar-refractivity contribution is 5.83. The number of amides is 1. The van der Waals surface area contributed by atoms with Crippen LogP contribution in [0.1, 0.15) is 13.8 Å². The number of nitrogens with one attached hydrogen (secondary N) is 1. The molecule has 184 valence electrons. The largest absolute Gasteiger partial charge is 0.465 e. The van der Waals surface area contributed by atoms with Gasteiger partial charge in [0.1, 0.15) is 0 Å². The third-order valence-corrected chi connectivity index (χ3v) is 3.65. The summed E-state index contributed by atoms with van der Waals surface area (Å²) in [7, 11) is 11.2. The van der Waals surface area contributed by atoms with Crippen LogP contribution in [0.5, 0.6) is 0 Å². The molecule has 0 radical (unpaired) electrons. The Morgan fingerprint density at radius 2 is 1.27 bits per heavy atom. The molecule has 0 saturated heterocycles. The van der Waals surface area contributed by atoms with E-state index in [4.69, 9.17) is 34.3 Å². The van der Waals surface area contributed by atoms with Gasteiger partial charge in [0.25, 0.3) is 11.7 Å². The van der Waals surface area contributed by atoms with Crippen molar-refractivity contribution in [1.82, 2.24) is 10.2 Å². The van der Waals surface area contributed by atoms with Gasteiger partial charge >= 0.3 is 5.97 Å². The summed E-state index contributed by atoms with van der Waals surface area (Å²) < 4.78 is 23.7. The molecule has 0 heterocycles. The zero-order valence-corrected chi connectivity index (χ0v) is 20.0. The van der Waals surface area contributed by atoms with Gasteiger partial charge in [-0.3, -0.25) is 4.79 Å². The fraction of sp³-hybridized carbons (Fsp3) is 0.889. The third-order valence-electron chi connectivity index (χ3n) is 3.65. The van der Waals surface area contributed by atoms with Gasteiger partial charge in [0.2, 0.25) is 5.79 Å². The first-order chi connectivity index (χ1) is 14.0. The van der Waals surface area contributed by atoms with E-state index < -0.39 is 17.5 Å².